The summed E-state index contributed by atoms with van der Waals surface area (Å²) in [6, 6.07) is 10.4. The highest BCUT2D eigenvalue weighted by Crippen LogP contribution is 2.42. The fourth-order valence-electron chi connectivity index (χ4n) is 2.74. The largest absolute Gasteiger partial charge is 0.300 e. The van der Waals surface area contributed by atoms with Crippen LogP contribution in [0.2, 0.25) is 0 Å². The van der Waals surface area contributed by atoms with Gasteiger partial charge in [0.2, 0.25) is 0 Å². The first-order valence-corrected chi connectivity index (χ1v) is 8.89. The molecule has 0 spiro atoms. The predicted molar refractivity (Wildman–Crippen MR) is 95.2 cm³/mol. The Labute approximate surface area is 152 Å². The van der Waals surface area contributed by atoms with Crippen molar-refractivity contribution >= 4 is 38.6 Å². The maximum Gasteiger partial charge on any atom is 0.300 e. The number of allylic oxidation sites excluding steroid dienone is 1. The second kappa shape index (κ2) is 6.29. The lowest BCUT2D eigenvalue weighted by Gasteiger charge is -2.16. The van der Waals surface area contributed by atoms with Crippen molar-refractivity contribution < 1.29 is 23.1 Å². The lowest BCUT2D eigenvalue weighted by molar-refractivity contribution is -0.393. The molecule has 0 fully saturated rings. The van der Waals surface area contributed by atoms with Crippen LogP contribution < -0.4 is 4.31 Å². The smallest absolute Gasteiger partial charge is 0.268 e. The van der Waals surface area contributed by atoms with Crippen molar-refractivity contribution in [3.05, 3.63) is 79.2 Å². The maximum atomic E-state index is 12.9. The van der Waals surface area contributed by atoms with Gasteiger partial charge in [0.1, 0.15) is 5.69 Å². The van der Waals surface area contributed by atoms with Gasteiger partial charge in [-0.25, -0.2) is 8.42 Å². The normalized spacial score (nSPS) is 15.9. The SMILES string of the molecule is CC1=C(c2ccccc2)C(=O)N(c2ccc([N+](=O)[O-])cc2[N+](=O)[O-])S1(=O)=O. The Hall–Kier alpha value is -3.60. The number of anilines is 1. The molecule has 2 aromatic rings. The van der Waals surface area contributed by atoms with Crippen LogP contribution in [0, 0.1) is 20.2 Å². The molecule has 1 heterocycles. The van der Waals surface area contributed by atoms with Gasteiger partial charge in [-0.2, -0.15) is 4.31 Å². The lowest BCUT2D eigenvalue weighted by Crippen LogP contribution is -2.31. The summed E-state index contributed by atoms with van der Waals surface area (Å²) in [6.45, 7) is 1.23. The van der Waals surface area contributed by atoms with Gasteiger partial charge >= 0.3 is 5.69 Å². The summed E-state index contributed by atoms with van der Waals surface area (Å²) >= 11 is 0. The topological polar surface area (TPSA) is 141 Å². The fourth-order valence-corrected chi connectivity index (χ4v) is 4.20. The first-order chi connectivity index (χ1) is 12.7. The third kappa shape index (κ3) is 2.83. The molecule has 1 amide bonds. The molecule has 0 unspecified atom stereocenters. The first kappa shape index (κ1) is 18.2. The van der Waals surface area contributed by atoms with E-state index in [4.69, 9.17) is 0 Å². The van der Waals surface area contributed by atoms with Crippen molar-refractivity contribution in [1.29, 1.82) is 0 Å². The van der Waals surface area contributed by atoms with Gasteiger partial charge in [0.05, 0.1) is 26.4 Å². The lowest BCUT2D eigenvalue weighted by atomic mass is 10.0. The van der Waals surface area contributed by atoms with Gasteiger partial charge in [-0.1, -0.05) is 30.3 Å². The molecule has 1 aliphatic rings. The van der Waals surface area contributed by atoms with Crippen LogP contribution in [0.25, 0.3) is 5.57 Å². The van der Waals surface area contributed by atoms with Crippen molar-refractivity contribution in [1.82, 2.24) is 0 Å². The molecule has 0 aliphatic carbocycles. The number of carbonyl (C=O) groups excluding carboxylic acids is 1. The van der Waals surface area contributed by atoms with Crippen LogP contribution in [-0.4, -0.2) is 24.2 Å². The average Bonchev–Trinajstić information content (AvgIpc) is 2.79. The molecule has 1 aliphatic heterocycles. The summed E-state index contributed by atoms with van der Waals surface area (Å²) in [4.78, 5) is 33.0. The molecular weight excluding hydrogens is 378 g/mol. The Bertz CT molecular complexity index is 1120. The minimum atomic E-state index is -4.37. The molecule has 0 saturated heterocycles. The summed E-state index contributed by atoms with van der Waals surface area (Å²) in [7, 11) is -4.37. The molecule has 0 radical (unpaired) electrons. The highest BCUT2D eigenvalue weighted by molar-refractivity contribution is 7.98. The van der Waals surface area contributed by atoms with Crippen molar-refractivity contribution in [2.45, 2.75) is 6.92 Å². The van der Waals surface area contributed by atoms with Gasteiger partial charge in [0.15, 0.2) is 0 Å². The van der Waals surface area contributed by atoms with Crippen molar-refractivity contribution in [2.24, 2.45) is 0 Å². The van der Waals surface area contributed by atoms with E-state index in [0.29, 0.717) is 15.9 Å². The Morgan fingerprint density at radius 1 is 0.963 bits per heavy atom. The molecule has 138 valence electrons. The van der Waals surface area contributed by atoms with Crippen LogP contribution >= 0.6 is 0 Å². The molecule has 0 atom stereocenters. The van der Waals surface area contributed by atoms with Crippen molar-refractivity contribution in [3.8, 4) is 0 Å². The van der Waals surface area contributed by atoms with E-state index in [0.717, 1.165) is 12.1 Å². The second-order valence-electron chi connectivity index (χ2n) is 5.56. The first-order valence-electron chi connectivity index (χ1n) is 7.45. The quantitative estimate of drug-likeness (QED) is 0.578. The highest BCUT2D eigenvalue weighted by atomic mass is 32.2. The number of non-ortho nitro benzene ring substituents is 1. The average molecular weight is 389 g/mol. The molecule has 27 heavy (non-hydrogen) atoms. The number of benzene rings is 2. The van der Waals surface area contributed by atoms with Gasteiger partial charge in [0, 0.05) is 6.07 Å². The number of sulfonamides is 1. The molecule has 11 heteroatoms. The molecule has 2 aromatic carbocycles. The standard InChI is InChI=1S/C16H11N3O7S/c1-10-15(11-5-3-2-4-6-11)16(20)17(27(10,25)26)13-8-7-12(18(21)22)9-14(13)19(23)24/h2-9H,1H3. The second-order valence-corrected chi connectivity index (χ2v) is 7.49. The Morgan fingerprint density at radius 3 is 2.15 bits per heavy atom. The molecule has 0 saturated carbocycles. The zero-order valence-corrected chi connectivity index (χ0v) is 14.5. The fraction of sp³-hybridized carbons (Fsp3) is 0.0625. The summed E-state index contributed by atoms with van der Waals surface area (Å²) in [6.07, 6.45) is 0. The third-order valence-corrected chi connectivity index (χ3v) is 5.85. The number of amides is 1. The van der Waals surface area contributed by atoms with Crippen LogP contribution in [0.15, 0.2) is 53.4 Å². The van der Waals surface area contributed by atoms with E-state index < -0.39 is 42.8 Å². The van der Waals surface area contributed by atoms with E-state index in [-0.39, 0.29) is 10.5 Å². The van der Waals surface area contributed by atoms with Crippen molar-refractivity contribution in [2.75, 3.05) is 4.31 Å². The van der Waals surface area contributed by atoms with Gasteiger partial charge < -0.3 is 0 Å². The molecule has 3 rings (SSSR count). The zero-order chi connectivity index (χ0) is 19.9. The number of nitro groups is 2. The van der Waals surface area contributed by atoms with Crippen LogP contribution in [0.3, 0.4) is 0 Å². The van der Waals surface area contributed by atoms with Crippen LogP contribution in [0.1, 0.15) is 12.5 Å². The number of hydrogen-bond acceptors (Lipinski definition) is 7. The summed E-state index contributed by atoms with van der Waals surface area (Å²) in [5, 5.41) is 22.2. The number of nitrogens with zero attached hydrogens (tertiary/aromatic N) is 3. The van der Waals surface area contributed by atoms with Crippen LogP contribution in [0.4, 0.5) is 17.1 Å². The van der Waals surface area contributed by atoms with Crippen molar-refractivity contribution in [3.63, 3.8) is 0 Å². The summed E-state index contributed by atoms with van der Waals surface area (Å²) in [5.74, 6) is -0.962. The zero-order valence-electron chi connectivity index (χ0n) is 13.7. The molecule has 0 N–H and O–H groups in total. The van der Waals surface area contributed by atoms with E-state index >= 15 is 0 Å². The maximum absolute atomic E-state index is 12.9. The Kier molecular flexibility index (Phi) is 4.24. The Balaban J connectivity index is 2.22. The molecule has 0 bridgehead atoms. The van der Waals surface area contributed by atoms with E-state index in [1.807, 2.05) is 0 Å². The monoisotopic (exact) mass is 389 g/mol. The van der Waals surface area contributed by atoms with Gasteiger partial charge in [-0.15, -0.1) is 0 Å². The molecular formula is C16H11N3O7S. The molecule has 10 nitrogen and oxygen atoms in total. The number of carbonyl (C=O) groups is 1. The van der Waals surface area contributed by atoms with E-state index in [1.54, 1.807) is 30.3 Å². The number of hydrogen-bond donors (Lipinski definition) is 0. The van der Waals surface area contributed by atoms with E-state index in [9.17, 15) is 33.4 Å². The number of nitro benzene ring substituents is 2. The minimum absolute atomic E-state index is 0.108. The predicted octanol–water partition coefficient (Wildman–Crippen LogP) is 2.61. The van der Waals surface area contributed by atoms with Gasteiger partial charge in [0.25, 0.3) is 21.6 Å². The summed E-state index contributed by atoms with van der Waals surface area (Å²) < 4.78 is 25.9. The van der Waals surface area contributed by atoms with Gasteiger partial charge in [-0.3, -0.25) is 25.0 Å². The highest BCUT2D eigenvalue weighted by Gasteiger charge is 2.45. The van der Waals surface area contributed by atoms with Crippen LogP contribution in [-0.2, 0) is 14.8 Å². The molecule has 0 aromatic heterocycles. The number of rotatable bonds is 4. The van der Waals surface area contributed by atoms with Crippen LogP contribution in [0.5, 0.6) is 0 Å². The third-order valence-electron chi connectivity index (χ3n) is 4.03. The minimum Gasteiger partial charge on any atom is -0.268 e. The van der Waals surface area contributed by atoms with E-state index in [1.165, 1.54) is 6.92 Å². The van der Waals surface area contributed by atoms with Gasteiger partial charge in [-0.05, 0) is 18.6 Å². The summed E-state index contributed by atoms with van der Waals surface area (Å²) in [5.41, 5.74) is -1.77. The van der Waals surface area contributed by atoms with E-state index in [2.05, 4.69) is 0 Å². The Morgan fingerprint density at radius 2 is 1.59 bits per heavy atom.